The number of methoxy groups -OCH3 is 3. The van der Waals surface area contributed by atoms with Crippen molar-refractivity contribution in [2.75, 3.05) is 172 Å². The van der Waals surface area contributed by atoms with Gasteiger partial charge in [0, 0.05) is 158 Å². The number of allylic oxidation sites excluding steroid dienone is 2. The Hall–Kier alpha value is -4.35. The third kappa shape index (κ3) is 15.4. The Morgan fingerprint density at radius 1 is 0.500 bits per heavy atom. The van der Waals surface area contributed by atoms with Gasteiger partial charge in [-0.1, -0.05) is 83.5 Å². The first-order chi connectivity index (χ1) is 45.8. The third-order valence-electron chi connectivity index (χ3n) is 24.5. The van der Waals surface area contributed by atoms with Crippen LogP contribution in [0, 0.1) is 41.4 Å². The van der Waals surface area contributed by atoms with Crippen LogP contribution in [0.1, 0.15) is 96.8 Å². The number of hydrogen-bond acceptors (Lipinski definition) is 13. The van der Waals surface area contributed by atoms with E-state index in [1.165, 1.54) is 103 Å². The van der Waals surface area contributed by atoms with Crippen molar-refractivity contribution >= 4 is 75.2 Å². The number of hydrogen-bond donors (Lipinski definition) is 0. The van der Waals surface area contributed by atoms with Gasteiger partial charge in [0.25, 0.3) is 0 Å². The fourth-order valence-corrected chi connectivity index (χ4v) is 20.4. The number of carbonyl (C=O) groups excluding carboxylic acids is 1. The molecule has 11 fully saturated rings. The highest BCUT2D eigenvalue weighted by Gasteiger charge is 2.57. The molecule has 12 unspecified atom stereocenters. The fourth-order valence-electron chi connectivity index (χ4n) is 19.7. The molecule has 6 saturated heterocycles. The van der Waals surface area contributed by atoms with E-state index < -0.39 is 0 Å². The van der Waals surface area contributed by atoms with Crippen molar-refractivity contribution in [2.24, 2.45) is 41.4 Å². The van der Waals surface area contributed by atoms with Gasteiger partial charge in [0.2, 0.25) is 0 Å². The van der Waals surface area contributed by atoms with Gasteiger partial charge < -0.3 is 38.5 Å². The van der Waals surface area contributed by atoms with E-state index in [2.05, 4.69) is 57.4 Å². The van der Waals surface area contributed by atoms with Crippen LogP contribution < -0.4 is 33.8 Å². The van der Waals surface area contributed by atoms with E-state index in [0.29, 0.717) is 23.2 Å². The van der Waals surface area contributed by atoms with Crippen molar-refractivity contribution in [3.8, 4) is 17.2 Å². The molecular formula is C76H106Cl4N9O5+. The number of fused-ring (bicyclic) bond motifs is 7. The first kappa shape index (κ1) is 68.2. The zero-order chi connectivity index (χ0) is 64.9. The van der Waals surface area contributed by atoms with Crippen LogP contribution in [0.5, 0.6) is 17.2 Å². The SMILES string of the molecule is CCOC(=O)[N+]12CCCC1CC(N1CCN(c3ccccc3Cl)CC1)C2.COc1ccc(Cl)cc1N1CCN(C2CC3CCC2C3)CC1.COc1ccc(Cl)cc1N1CCN(C2CCC3CCC2C3)CC1.COc1ccc(Cl)cc1N1CCN(CC2CC3C=CC2C3)CC1. The first-order valence-electron chi connectivity index (χ1n) is 36.3. The molecule has 0 aromatic heterocycles. The summed E-state index contributed by atoms with van der Waals surface area (Å²) in [4.78, 5) is 33.0. The standard InChI is InChI=1S/C20H29ClN3O2.C19H27ClN2O.C19H25ClN2O.C18H25ClN2O/c1-2-26-20(25)24-13-5-6-17(24)14-16(15-24)22-9-11-23(12-10-22)19-8-4-3-7-18(19)21;1-23-19-7-5-16(20)13-18(19)22-10-8-21(9-11-22)17-6-3-14-2-4-15(17)12-14;1-23-19-5-4-17(20)12-18(19)22-8-6-21(7-9-22)13-16-11-14-2-3-15(16)10-14;1-22-18-5-4-15(19)12-17(18)21-8-6-20(7-9-21)16-11-13-2-3-14(16)10-13/h3-4,7-8,16-17H,2,5-6,9-15H2,1H3;5,7,13-15,17H,2-4,6,8-12H2,1H3;2-5,12,14-16H,6-11,13H2,1H3;4-5,12-14,16H,2-3,6-11H2,1H3/q+1;;;. The lowest BCUT2D eigenvalue weighted by Crippen LogP contribution is -2.56. The molecule has 16 rings (SSSR count). The molecule has 18 heteroatoms. The average Bonchev–Trinajstić information content (AvgIpc) is 1.60. The zero-order valence-corrected chi connectivity index (χ0v) is 59.7. The maximum absolute atomic E-state index is 12.7. The number of benzene rings is 4. The lowest BCUT2D eigenvalue weighted by Gasteiger charge is -2.44. The van der Waals surface area contributed by atoms with Gasteiger partial charge in [0.1, 0.15) is 29.8 Å². The Bertz CT molecular complexity index is 3190. The highest BCUT2D eigenvalue weighted by Crippen LogP contribution is 2.49. The number of carbonyl (C=O) groups is 1. The van der Waals surface area contributed by atoms with Gasteiger partial charge >= 0.3 is 6.09 Å². The number of nitrogens with zero attached hydrogens (tertiary/aromatic N) is 9. The molecule has 94 heavy (non-hydrogen) atoms. The molecule has 14 nitrogen and oxygen atoms in total. The van der Waals surface area contributed by atoms with Crippen LogP contribution in [-0.4, -0.2) is 207 Å². The minimum Gasteiger partial charge on any atom is -0.495 e. The number of amides is 1. The number of ether oxygens (including phenoxy) is 4. The summed E-state index contributed by atoms with van der Waals surface area (Å²) < 4.78 is 22.5. The molecule has 12 aliphatic rings. The minimum absolute atomic E-state index is 0.00667. The predicted octanol–water partition coefficient (Wildman–Crippen LogP) is 14.8. The van der Waals surface area contributed by atoms with Crippen LogP contribution in [0.25, 0.3) is 0 Å². The molecule has 0 spiro atoms. The van der Waals surface area contributed by atoms with E-state index in [1.807, 2.05) is 79.7 Å². The topological polar surface area (TPSA) is 79.9 Å². The Kier molecular flexibility index (Phi) is 22.7. The number of rotatable bonds is 13. The van der Waals surface area contributed by atoms with Crippen LogP contribution in [0.15, 0.2) is 91.0 Å². The Balaban J connectivity index is 0.000000114. The van der Waals surface area contributed by atoms with Crippen molar-refractivity contribution < 1.29 is 28.2 Å². The highest BCUT2D eigenvalue weighted by molar-refractivity contribution is 6.33. The quantitative estimate of drug-likeness (QED) is 0.0942. The van der Waals surface area contributed by atoms with E-state index in [0.717, 1.165) is 224 Å². The molecule has 1 amide bonds. The zero-order valence-electron chi connectivity index (χ0n) is 56.6. The van der Waals surface area contributed by atoms with Gasteiger partial charge in [-0.05, 0) is 173 Å². The average molecular weight is 1370 g/mol. The van der Waals surface area contributed by atoms with Crippen molar-refractivity contribution in [3.05, 3.63) is 111 Å². The lowest BCUT2D eigenvalue weighted by atomic mass is 9.84. The molecule has 0 N–H and O–H groups in total. The fraction of sp³-hybridized carbons (Fsp3) is 0.645. The van der Waals surface area contributed by atoms with Crippen molar-refractivity contribution in [3.63, 3.8) is 0 Å². The third-order valence-corrected chi connectivity index (χ3v) is 25.5. The molecular weight excluding hydrogens is 1260 g/mol. The predicted molar refractivity (Wildman–Crippen MR) is 386 cm³/mol. The molecule has 6 heterocycles. The summed E-state index contributed by atoms with van der Waals surface area (Å²) in [5, 5.41) is 3.17. The summed E-state index contributed by atoms with van der Waals surface area (Å²) >= 11 is 24.9. The molecule has 6 aliphatic carbocycles. The van der Waals surface area contributed by atoms with Crippen molar-refractivity contribution in [1.29, 1.82) is 0 Å². The van der Waals surface area contributed by atoms with E-state index in [-0.39, 0.29) is 6.09 Å². The van der Waals surface area contributed by atoms with Gasteiger partial charge in [-0.25, -0.2) is 4.48 Å². The molecule has 5 saturated carbocycles. The van der Waals surface area contributed by atoms with E-state index >= 15 is 0 Å². The van der Waals surface area contributed by atoms with E-state index in [9.17, 15) is 4.79 Å². The summed E-state index contributed by atoms with van der Waals surface area (Å²) in [6.45, 7) is 22.9. The smallest absolute Gasteiger partial charge is 0.495 e. The molecule has 6 bridgehead atoms. The van der Waals surface area contributed by atoms with Crippen LogP contribution in [0.3, 0.4) is 0 Å². The molecule has 512 valence electrons. The molecule has 0 radical (unpaired) electrons. The number of anilines is 4. The van der Waals surface area contributed by atoms with Gasteiger partial charge in [0.05, 0.1) is 68.3 Å². The van der Waals surface area contributed by atoms with Gasteiger partial charge in [0.15, 0.2) is 0 Å². The summed E-state index contributed by atoms with van der Waals surface area (Å²) in [6, 6.07) is 28.5. The number of para-hydroxylation sites is 1. The molecule has 12 atom stereocenters. The van der Waals surface area contributed by atoms with Crippen LogP contribution >= 0.6 is 46.4 Å². The molecule has 6 aliphatic heterocycles. The summed E-state index contributed by atoms with van der Waals surface area (Å²) in [6.07, 6.45) is 24.4. The monoisotopic (exact) mass is 1360 g/mol. The number of piperazine rings is 4. The van der Waals surface area contributed by atoms with Crippen LogP contribution in [-0.2, 0) is 4.74 Å². The van der Waals surface area contributed by atoms with Crippen molar-refractivity contribution in [2.45, 2.75) is 121 Å². The van der Waals surface area contributed by atoms with Crippen molar-refractivity contribution in [1.82, 2.24) is 19.6 Å². The second-order valence-corrected chi connectivity index (χ2v) is 31.2. The maximum Gasteiger partial charge on any atom is 0.516 e. The number of quaternary nitrogens is 1. The largest absolute Gasteiger partial charge is 0.516 e. The molecule has 4 aromatic carbocycles. The summed E-state index contributed by atoms with van der Waals surface area (Å²) in [5.74, 6) is 9.43. The highest BCUT2D eigenvalue weighted by atomic mass is 35.5. The second kappa shape index (κ2) is 31.2. The Labute approximate surface area is 582 Å². The summed E-state index contributed by atoms with van der Waals surface area (Å²) in [7, 11) is 5.20. The Morgan fingerprint density at radius 3 is 1.53 bits per heavy atom. The van der Waals surface area contributed by atoms with E-state index in [1.54, 1.807) is 21.3 Å². The summed E-state index contributed by atoms with van der Waals surface area (Å²) in [5.41, 5.74) is 4.55. The van der Waals surface area contributed by atoms with Gasteiger partial charge in [-0.2, -0.15) is 4.79 Å². The minimum atomic E-state index is 0.00667. The number of halogens is 4. The normalized spacial score (nSPS) is 31.3. The molecule has 4 aromatic rings. The second-order valence-electron chi connectivity index (χ2n) is 29.4. The van der Waals surface area contributed by atoms with E-state index in [4.69, 9.17) is 65.4 Å². The van der Waals surface area contributed by atoms with Gasteiger partial charge in [-0.3, -0.25) is 19.6 Å². The maximum atomic E-state index is 12.7. The van der Waals surface area contributed by atoms with Gasteiger partial charge in [-0.15, -0.1) is 0 Å². The van der Waals surface area contributed by atoms with Crippen LogP contribution in [0.2, 0.25) is 20.1 Å². The van der Waals surface area contributed by atoms with Crippen LogP contribution in [0.4, 0.5) is 27.5 Å². The Morgan fingerprint density at radius 2 is 1.01 bits per heavy atom. The lowest BCUT2D eigenvalue weighted by molar-refractivity contribution is -0.857. The first-order valence-corrected chi connectivity index (χ1v) is 37.8.